The quantitative estimate of drug-likeness (QED) is 0.617. The van der Waals surface area contributed by atoms with Crippen molar-refractivity contribution in [2.75, 3.05) is 45.7 Å². The minimum absolute atomic E-state index is 0.0799. The highest BCUT2D eigenvalue weighted by Crippen LogP contribution is 2.31. The third kappa shape index (κ3) is 5.49. The molecule has 34 heavy (non-hydrogen) atoms. The van der Waals surface area contributed by atoms with Gasteiger partial charge in [0.15, 0.2) is 0 Å². The van der Waals surface area contributed by atoms with Crippen LogP contribution in [-0.2, 0) is 10.0 Å². The second-order valence-corrected chi connectivity index (χ2v) is 11.4. The molecule has 186 valence electrons. The zero-order chi connectivity index (χ0) is 25.2. The molecule has 0 spiro atoms. The van der Waals surface area contributed by atoms with Crippen molar-refractivity contribution < 1.29 is 23.1 Å². The summed E-state index contributed by atoms with van der Waals surface area (Å²) >= 11 is 5.91. The van der Waals surface area contributed by atoms with Crippen LogP contribution < -0.4 is 9.64 Å². The molecule has 3 atom stereocenters. The summed E-state index contributed by atoms with van der Waals surface area (Å²) in [7, 11) is 1.50. The van der Waals surface area contributed by atoms with Crippen LogP contribution in [0.3, 0.4) is 0 Å². The number of hydrogen-bond donors (Lipinski definition) is 1. The van der Waals surface area contributed by atoms with E-state index in [-0.39, 0.29) is 29.9 Å². The smallest absolute Gasteiger partial charge is 0.258 e. The predicted octanol–water partition coefficient (Wildman–Crippen LogP) is 2.95. The number of rotatable bonds is 7. The summed E-state index contributed by atoms with van der Waals surface area (Å²) in [5, 5.41) is 10.2. The van der Waals surface area contributed by atoms with E-state index in [1.54, 1.807) is 24.0 Å². The summed E-state index contributed by atoms with van der Waals surface area (Å²) in [4.78, 5) is 17.1. The topological polar surface area (TPSA) is 90.4 Å². The van der Waals surface area contributed by atoms with E-state index in [4.69, 9.17) is 16.3 Å². The van der Waals surface area contributed by atoms with Gasteiger partial charge in [0.25, 0.3) is 5.91 Å². The Kier molecular flexibility index (Phi) is 8.13. The van der Waals surface area contributed by atoms with E-state index in [0.717, 1.165) is 5.69 Å². The SMILES string of the molecule is C[C@@H]1CN([C@@H](C)CO)C(=O)c2cc(N(C)C)ccc2O[C@@H]1CN(C)S(=O)(=O)c1ccc(Cl)cc1. The summed E-state index contributed by atoms with van der Waals surface area (Å²) < 4.78 is 33.8. The van der Waals surface area contributed by atoms with Gasteiger partial charge in [0.1, 0.15) is 11.9 Å². The van der Waals surface area contributed by atoms with Crippen molar-refractivity contribution in [1.82, 2.24) is 9.21 Å². The van der Waals surface area contributed by atoms with Crippen molar-refractivity contribution in [3.63, 3.8) is 0 Å². The number of likely N-dealkylation sites (N-methyl/N-ethyl adjacent to an activating group) is 1. The lowest BCUT2D eigenvalue weighted by molar-refractivity contribution is 0.0387. The molecule has 1 aliphatic rings. The van der Waals surface area contributed by atoms with Crippen LogP contribution in [0.15, 0.2) is 47.4 Å². The van der Waals surface area contributed by atoms with Gasteiger partial charge in [-0.3, -0.25) is 4.79 Å². The molecule has 1 amide bonds. The number of halogens is 1. The molecular weight excluding hydrogens is 478 g/mol. The van der Waals surface area contributed by atoms with Gasteiger partial charge in [0.2, 0.25) is 10.0 Å². The highest BCUT2D eigenvalue weighted by Gasteiger charge is 2.35. The lowest BCUT2D eigenvalue weighted by Gasteiger charge is -2.38. The van der Waals surface area contributed by atoms with Gasteiger partial charge in [-0.25, -0.2) is 8.42 Å². The molecule has 0 saturated carbocycles. The van der Waals surface area contributed by atoms with Crippen molar-refractivity contribution in [3.05, 3.63) is 53.1 Å². The van der Waals surface area contributed by atoms with Crippen LogP contribution in [0.2, 0.25) is 5.02 Å². The zero-order valence-corrected chi connectivity index (χ0v) is 21.7. The average molecular weight is 510 g/mol. The fraction of sp³-hybridized carbons (Fsp3) is 0.458. The van der Waals surface area contributed by atoms with Crippen LogP contribution in [0.1, 0.15) is 24.2 Å². The van der Waals surface area contributed by atoms with Gasteiger partial charge >= 0.3 is 0 Å². The van der Waals surface area contributed by atoms with Gasteiger partial charge in [-0.15, -0.1) is 0 Å². The van der Waals surface area contributed by atoms with Crippen LogP contribution in [-0.4, -0.2) is 81.6 Å². The number of aliphatic hydroxyl groups is 1. The van der Waals surface area contributed by atoms with Gasteiger partial charge in [0, 0.05) is 44.3 Å². The molecule has 1 aliphatic heterocycles. The fourth-order valence-electron chi connectivity index (χ4n) is 3.84. The Labute approximate surface area is 206 Å². The van der Waals surface area contributed by atoms with E-state index in [1.165, 1.54) is 35.6 Å². The lowest BCUT2D eigenvalue weighted by Crippen LogP contribution is -2.50. The number of aliphatic hydroxyl groups excluding tert-OH is 1. The van der Waals surface area contributed by atoms with E-state index in [9.17, 15) is 18.3 Å². The third-order valence-electron chi connectivity index (χ3n) is 6.12. The number of anilines is 1. The molecule has 8 nitrogen and oxygen atoms in total. The predicted molar refractivity (Wildman–Crippen MR) is 133 cm³/mol. The summed E-state index contributed by atoms with van der Waals surface area (Å²) in [5.41, 5.74) is 1.21. The first-order valence-corrected chi connectivity index (χ1v) is 12.9. The summed E-state index contributed by atoms with van der Waals surface area (Å²) in [5.74, 6) is -0.0465. The van der Waals surface area contributed by atoms with Crippen molar-refractivity contribution in [2.24, 2.45) is 5.92 Å². The number of nitrogens with zero attached hydrogens (tertiary/aromatic N) is 3. The van der Waals surface area contributed by atoms with Crippen LogP contribution in [0.4, 0.5) is 5.69 Å². The van der Waals surface area contributed by atoms with E-state index in [1.807, 2.05) is 32.0 Å². The molecule has 3 rings (SSSR count). The molecule has 1 heterocycles. The molecular formula is C24H32ClN3O5S. The van der Waals surface area contributed by atoms with Crippen LogP contribution in [0, 0.1) is 5.92 Å². The van der Waals surface area contributed by atoms with E-state index >= 15 is 0 Å². The molecule has 0 radical (unpaired) electrons. The Balaban J connectivity index is 1.97. The monoisotopic (exact) mass is 509 g/mol. The Hall–Kier alpha value is -2.33. The Bertz CT molecular complexity index is 1120. The summed E-state index contributed by atoms with van der Waals surface area (Å²) in [6, 6.07) is 11.0. The standard InChI is InChI=1S/C24H32ClN3O5S/c1-16-13-28(17(2)15-29)24(30)21-12-19(26(3)4)8-11-22(21)33-23(16)14-27(5)34(31,32)20-9-6-18(25)7-10-20/h6-12,16-17,23,29H,13-15H2,1-5H3/t16-,17+,23-/m1/s1. The number of fused-ring (bicyclic) bond motifs is 1. The maximum Gasteiger partial charge on any atom is 0.258 e. The van der Waals surface area contributed by atoms with Gasteiger partial charge in [-0.05, 0) is 49.4 Å². The highest BCUT2D eigenvalue weighted by molar-refractivity contribution is 7.89. The van der Waals surface area contributed by atoms with Crippen molar-refractivity contribution in [1.29, 1.82) is 0 Å². The van der Waals surface area contributed by atoms with Crippen LogP contribution >= 0.6 is 11.6 Å². The minimum atomic E-state index is -3.77. The molecule has 2 aromatic carbocycles. The molecule has 0 aromatic heterocycles. The average Bonchev–Trinajstić information content (AvgIpc) is 2.80. The summed E-state index contributed by atoms with van der Waals surface area (Å²) in [6.45, 7) is 3.91. The largest absolute Gasteiger partial charge is 0.488 e. The van der Waals surface area contributed by atoms with Crippen molar-refractivity contribution in [2.45, 2.75) is 30.9 Å². The second kappa shape index (κ2) is 10.5. The first-order chi connectivity index (χ1) is 15.9. The number of ether oxygens (including phenoxy) is 1. The van der Waals surface area contributed by atoms with Gasteiger partial charge in [-0.1, -0.05) is 18.5 Å². The summed E-state index contributed by atoms with van der Waals surface area (Å²) in [6.07, 6.45) is -0.530. The second-order valence-electron chi connectivity index (χ2n) is 8.94. The Morgan fingerprint density at radius 2 is 1.82 bits per heavy atom. The first kappa shape index (κ1) is 26.3. The molecule has 0 fully saturated rings. The molecule has 10 heteroatoms. The number of carbonyl (C=O) groups excluding carboxylic acids is 1. The zero-order valence-electron chi connectivity index (χ0n) is 20.1. The van der Waals surface area contributed by atoms with Gasteiger partial charge < -0.3 is 19.6 Å². The maximum atomic E-state index is 13.4. The molecule has 0 aliphatic carbocycles. The van der Waals surface area contributed by atoms with Crippen molar-refractivity contribution >= 4 is 33.2 Å². The normalized spacial score (nSPS) is 19.8. The number of hydrogen-bond acceptors (Lipinski definition) is 6. The van der Waals surface area contributed by atoms with E-state index in [0.29, 0.717) is 22.9 Å². The van der Waals surface area contributed by atoms with E-state index in [2.05, 4.69) is 0 Å². The number of carbonyl (C=O) groups is 1. The van der Waals surface area contributed by atoms with E-state index < -0.39 is 22.2 Å². The van der Waals surface area contributed by atoms with Crippen LogP contribution in [0.5, 0.6) is 5.75 Å². The minimum Gasteiger partial charge on any atom is -0.488 e. The number of benzene rings is 2. The maximum absolute atomic E-state index is 13.4. The molecule has 0 bridgehead atoms. The van der Waals surface area contributed by atoms with Crippen molar-refractivity contribution in [3.8, 4) is 5.75 Å². The fourth-order valence-corrected chi connectivity index (χ4v) is 5.15. The molecule has 0 unspecified atom stereocenters. The van der Waals surface area contributed by atoms with Crippen LogP contribution in [0.25, 0.3) is 0 Å². The van der Waals surface area contributed by atoms with Gasteiger partial charge in [0.05, 0.1) is 29.7 Å². The first-order valence-electron chi connectivity index (χ1n) is 11.1. The molecule has 2 aromatic rings. The Morgan fingerprint density at radius 1 is 1.18 bits per heavy atom. The highest BCUT2D eigenvalue weighted by atomic mass is 35.5. The lowest BCUT2D eigenvalue weighted by atomic mass is 9.99. The Morgan fingerprint density at radius 3 is 2.41 bits per heavy atom. The number of sulfonamides is 1. The van der Waals surface area contributed by atoms with Gasteiger partial charge in [-0.2, -0.15) is 4.31 Å². The third-order valence-corrected chi connectivity index (χ3v) is 8.21. The molecule has 0 saturated heterocycles. The molecule has 1 N–H and O–H groups in total. The number of amides is 1.